The second kappa shape index (κ2) is 4.74. The van der Waals surface area contributed by atoms with E-state index in [-0.39, 0.29) is 12.0 Å². The van der Waals surface area contributed by atoms with E-state index in [1.54, 1.807) is 0 Å². The molecule has 0 aromatic heterocycles. The third-order valence-electron chi connectivity index (χ3n) is 3.52. The van der Waals surface area contributed by atoms with Crippen LogP contribution in [0, 0.1) is 0 Å². The molecule has 0 bridgehead atoms. The van der Waals surface area contributed by atoms with Crippen molar-refractivity contribution in [2.45, 2.75) is 38.1 Å². The molecule has 3 heteroatoms. The third kappa shape index (κ3) is 2.57. The first-order chi connectivity index (χ1) is 7.31. The van der Waals surface area contributed by atoms with Crippen molar-refractivity contribution in [1.29, 1.82) is 0 Å². The normalized spacial score (nSPS) is 15.9. The molecule has 0 saturated carbocycles. The first-order valence-electron chi connectivity index (χ1n) is 5.47. The summed E-state index contributed by atoms with van der Waals surface area (Å²) in [6.07, 6.45) is 0.637. The van der Waals surface area contributed by atoms with Gasteiger partial charge in [-0.3, -0.25) is 0 Å². The van der Waals surface area contributed by atoms with E-state index in [4.69, 9.17) is 17.3 Å². The van der Waals surface area contributed by atoms with E-state index in [1.165, 1.54) is 0 Å². The lowest BCUT2D eigenvalue weighted by atomic mass is 9.67. The van der Waals surface area contributed by atoms with Gasteiger partial charge in [-0.25, -0.2) is 0 Å². The summed E-state index contributed by atoms with van der Waals surface area (Å²) in [4.78, 5) is 0. The molecule has 0 radical (unpaired) electrons. The zero-order valence-corrected chi connectivity index (χ0v) is 10.9. The summed E-state index contributed by atoms with van der Waals surface area (Å²) in [5, 5.41) is 9.91. The molecule has 2 nitrogen and oxygen atoms in total. The summed E-state index contributed by atoms with van der Waals surface area (Å²) in [5.41, 5.74) is 6.68. The molecule has 1 aromatic carbocycles. The maximum atomic E-state index is 9.20. The molecule has 1 unspecified atom stereocenters. The molecule has 0 heterocycles. The summed E-state index contributed by atoms with van der Waals surface area (Å²) in [6, 6.07) is 7.68. The lowest BCUT2D eigenvalue weighted by molar-refractivity contribution is 0.190. The van der Waals surface area contributed by atoms with Crippen LogP contribution in [0.5, 0.6) is 0 Å². The first kappa shape index (κ1) is 13.5. The van der Waals surface area contributed by atoms with Crippen LogP contribution in [0.15, 0.2) is 24.3 Å². The highest BCUT2D eigenvalue weighted by molar-refractivity contribution is 6.30. The fourth-order valence-electron chi connectivity index (χ4n) is 1.88. The van der Waals surface area contributed by atoms with Crippen molar-refractivity contribution in [2.75, 3.05) is 6.61 Å². The van der Waals surface area contributed by atoms with Crippen LogP contribution in [-0.4, -0.2) is 17.3 Å². The maximum absolute atomic E-state index is 9.20. The largest absolute Gasteiger partial charge is 0.396 e. The maximum Gasteiger partial charge on any atom is 0.0440 e. The van der Waals surface area contributed by atoms with Gasteiger partial charge in [0.2, 0.25) is 0 Å². The van der Waals surface area contributed by atoms with E-state index < -0.39 is 5.54 Å². The van der Waals surface area contributed by atoms with Gasteiger partial charge >= 0.3 is 0 Å². The minimum atomic E-state index is -0.399. The summed E-state index contributed by atoms with van der Waals surface area (Å²) in [5.74, 6) is 0. The van der Waals surface area contributed by atoms with Gasteiger partial charge in [0.1, 0.15) is 0 Å². The van der Waals surface area contributed by atoms with Gasteiger partial charge in [-0.1, -0.05) is 30.7 Å². The molecule has 3 N–H and O–H groups in total. The highest BCUT2D eigenvalue weighted by atomic mass is 35.5. The number of halogens is 1. The van der Waals surface area contributed by atoms with E-state index in [0.717, 1.165) is 5.56 Å². The molecule has 0 saturated heterocycles. The van der Waals surface area contributed by atoms with Crippen LogP contribution in [-0.2, 0) is 5.41 Å². The van der Waals surface area contributed by atoms with E-state index in [1.807, 2.05) is 38.1 Å². The minimum Gasteiger partial charge on any atom is -0.396 e. The topological polar surface area (TPSA) is 46.2 Å². The summed E-state index contributed by atoms with van der Waals surface area (Å²) < 4.78 is 0. The van der Waals surface area contributed by atoms with Crippen molar-refractivity contribution in [3.05, 3.63) is 34.9 Å². The summed E-state index contributed by atoms with van der Waals surface area (Å²) in [6.45, 7) is 6.17. The average Bonchev–Trinajstić information content (AvgIpc) is 2.17. The van der Waals surface area contributed by atoms with Gasteiger partial charge < -0.3 is 10.8 Å². The molecule has 0 aliphatic rings. The first-order valence-corrected chi connectivity index (χ1v) is 5.85. The van der Waals surface area contributed by atoms with E-state index in [0.29, 0.717) is 11.4 Å². The second-order valence-electron chi connectivity index (χ2n) is 5.03. The molecule has 90 valence electrons. The van der Waals surface area contributed by atoms with Crippen LogP contribution >= 0.6 is 11.6 Å². The van der Waals surface area contributed by atoms with E-state index >= 15 is 0 Å². The zero-order chi connectivity index (χ0) is 12.4. The molecule has 0 amide bonds. The van der Waals surface area contributed by atoms with Crippen molar-refractivity contribution >= 4 is 11.6 Å². The van der Waals surface area contributed by atoms with Crippen molar-refractivity contribution in [3.63, 3.8) is 0 Å². The predicted molar refractivity (Wildman–Crippen MR) is 68.8 cm³/mol. The number of aliphatic hydroxyl groups is 1. The Bertz CT molecular complexity index is 342. The van der Waals surface area contributed by atoms with Gasteiger partial charge in [0.25, 0.3) is 0 Å². The van der Waals surface area contributed by atoms with Crippen LogP contribution < -0.4 is 5.73 Å². The fourth-order valence-corrected chi connectivity index (χ4v) is 2.01. The monoisotopic (exact) mass is 241 g/mol. The van der Waals surface area contributed by atoms with Crippen molar-refractivity contribution in [1.82, 2.24) is 0 Å². The quantitative estimate of drug-likeness (QED) is 0.852. The van der Waals surface area contributed by atoms with E-state index in [2.05, 4.69) is 6.92 Å². The molecule has 1 rings (SSSR count). The highest BCUT2D eigenvalue weighted by Gasteiger charge is 2.38. The van der Waals surface area contributed by atoms with Gasteiger partial charge in [0.05, 0.1) is 0 Å². The minimum absolute atomic E-state index is 0.125. The number of hydrogen-bond acceptors (Lipinski definition) is 2. The average molecular weight is 242 g/mol. The smallest absolute Gasteiger partial charge is 0.0440 e. The molecule has 1 aromatic rings. The van der Waals surface area contributed by atoms with E-state index in [9.17, 15) is 5.11 Å². The van der Waals surface area contributed by atoms with Crippen LogP contribution in [0.3, 0.4) is 0 Å². The van der Waals surface area contributed by atoms with Gasteiger partial charge in [-0.15, -0.1) is 0 Å². The molecule has 0 aliphatic carbocycles. The van der Waals surface area contributed by atoms with Gasteiger partial charge in [0.15, 0.2) is 0 Å². The van der Waals surface area contributed by atoms with Crippen molar-refractivity contribution < 1.29 is 5.11 Å². The molecule has 1 atom stereocenters. The Labute approximate surface area is 102 Å². The van der Waals surface area contributed by atoms with Gasteiger partial charge in [-0.2, -0.15) is 0 Å². The number of nitrogens with two attached hydrogens (primary N) is 1. The van der Waals surface area contributed by atoms with Crippen LogP contribution in [0.1, 0.15) is 32.8 Å². The summed E-state index contributed by atoms with van der Waals surface area (Å²) in [7, 11) is 0. The van der Waals surface area contributed by atoms with Crippen molar-refractivity contribution in [2.24, 2.45) is 5.73 Å². The van der Waals surface area contributed by atoms with Crippen LogP contribution in [0.4, 0.5) is 0 Å². The Morgan fingerprint density at radius 1 is 1.19 bits per heavy atom. The number of aliphatic hydroxyl groups excluding tert-OH is 1. The van der Waals surface area contributed by atoms with Gasteiger partial charge in [0, 0.05) is 22.6 Å². The lowest BCUT2D eigenvalue weighted by Gasteiger charge is -2.42. The van der Waals surface area contributed by atoms with Crippen LogP contribution in [0.25, 0.3) is 0 Å². The second-order valence-corrected chi connectivity index (χ2v) is 5.47. The Balaban J connectivity index is 3.16. The molecule has 16 heavy (non-hydrogen) atoms. The highest BCUT2D eigenvalue weighted by Crippen LogP contribution is 2.37. The lowest BCUT2D eigenvalue weighted by Crippen LogP contribution is -2.52. The predicted octanol–water partition coefficient (Wildman–Crippen LogP) is 2.72. The Morgan fingerprint density at radius 3 is 2.06 bits per heavy atom. The standard InChI is InChI=1S/C13H20ClNO/c1-12(2,15)13(3,8-9-16)10-4-6-11(14)7-5-10/h4-7,16H,8-9,15H2,1-3H3. The fraction of sp³-hybridized carbons (Fsp3) is 0.538. The Kier molecular flexibility index (Phi) is 4.00. The molecular formula is C13H20ClNO. The van der Waals surface area contributed by atoms with Crippen LogP contribution in [0.2, 0.25) is 5.02 Å². The Hall–Kier alpha value is -0.570. The zero-order valence-electron chi connectivity index (χ0n) is 10.1. The van der Waals surface area contributed by atoms with Gasteiger partial charge in [-0.05, 0) is 38.0 Å². The molecule has 0 aliphatic heterocycles. The molecule has 0 fully saturated rings. The van der Waals surface area contributed by atoms with Crippen molar-refractivity contribution in [3.8, 4) is 0 Å². The SMILES string of the molecule is CC(C)(N)C(C)(CCO)c1ccc(Cl)cc1. The number of rotatable bonds is 4. The number of hydrogen-bond donors (Lipinski definition) is 2. The molecular weight excluding hydrogens is 222 g/mol. The molecule has 0 spiro atoms. The third-order valence-corrected chi connectivity index (χ3v) is 3.77. The summed E-state index contributed by atoms with van der Waals surface area (Å²) >= 11 is 5.87. The Morgan fingerprint density at radius 2 is 1.69 bits per heavy atom. The number of benzene rings is 1.